The molecule has 4 heteroatoms. The van der Waals surface area contributed by atoms with E-state index in [1.54, 1.807) is 0 Å². The molecule has 80 valence electrons. The molecule has 4 nitrogen and oxygen atoms in total. The Bertz CT molecular complexity index is 513. The Morgan fingerprint density at radius 3 is 3.12 bits per heavy atom. The van der Waals surface area contributed by atoms with Crippen molar-refractivity contribution in [3.8, 4) is 0 Å². The molecule has 0 fully saturated rings. The third-order valence-corrected chi connectivity index (χ3v) is 2.97. The summed E-state index contributed by atoms with van der Waals surface area (Å²) in [5.41, 5.74) is 1.22. The Kier molecular flexibility index (Phi) is 1.89. The highest BCUT2D eigenvalue weighted by atomic mass is 15.2. The maximum Gasteiger partial charge on any atom is 0.339 e. The van der Waals surface area contributed by atoms with E-state index < -0.39 is 0 Å². The lowest BCUT2D eigenvalue weighted by molar-refractivity contribution is -0.692. The van der Waals surface area contributed by atoms with Gasteiger partial charge in [-0.3, -0.25) is 0 Å². The number of pyridine rings is 1. The first-order valence-electron chi connectivity index (χ1n) is 5.36. The molecule has 0 aliphatic carbocycles. The number of anilines is 2. The van der Waals surface area contributed by atoms with Gasteiger partial charge in [0.25, 0.3) is 11.6 Å². The summed E-state index contributed by atoms with van der Waals surface area (Å²) in [6.45, 7) is 2.88. The van der Waals surface area contributed by atoms with Crippen LogP contribution in [0.3, 0.4) is 0 Å². The zero-order valence-corrected chi connectivity index (χ0v) is 9.44. The van der Waals surface area contributed by atoms with Crippen molar-refractivity contribution < 1.29 is 9.13 Å². The summed E-state index contributed by atoms with van der Waals surface area (Å²) in [6, 6.07) is 6.13. The van der Waals surface area contributed by atoms with Crippen LogP contribution in [0.2, 0.25) is 0 Å². The third-order valence-electron chi connectivity index (χ3n) is 2.97. The van der Waals surface area contributed by atoms with Crippen LogP contribution in [-0.4, -0.2) is 4.98 Å². The molecule has 0 unspecified atom stereocenters. The van der Waals surface area contributed by atoms with E-state index in [2.05, 4.69) is 37.9 Å². The topological polar surface area (TPSA) is 32.7 Å². The summed E-state index contributed by atoms with van der Waals surface area (Å²) in [4.78, 5) is 4.55. The number of hydrogen-bond acceptors (Lipinski definition) is 2. The molecule has 0 spiro atoms. The third kappa shape index (κ3) is 1.34. The van der Waals surface area contributed by atoms with Gasteiger partial charge in [0.15, 0.2) is 0 Å². The number of nitrogens with zero attached hydrogens (tertiary/aromatic N) is 3. The van der Waals surface area contributed by atoms with Gasteiger partial charge in [-0.1, -0.05) is 6.07 Å². The lowest BCUT2D eigenvalue weighted by Crippen LogP contribution is -2.43. The van der Waals surface area contributed by atoms with Gasteiger partial charge in [-0.25, -0.2) is 14.5 Å². The molecule has 1 N–H and O–H groups in total. The van der Waals surface area contributed by atoms with Crippen LogP contribution >= 0.6 is 0 Å². The van der Waals surface area contributed by atoms with Crippen molar-refractivity contribution in [2.75, 3.05) is 5.32 Å². The lowest BCUT2D eigenvalue weighted by atomic mass is 10.2. The largest absolute Gasteiger partial charge is 0.339 e. The number of nitrogens with one attached hydrogen (secondary N) is 1. The molecule has 0 atom stereocenters. The van der Waals surface area contributed by atoms with Gasteiger partial charge in [0.05, 0.1) is 13.2 Å². The SMILES string of the molecule is Cc1nc2c(c[n+]1C)C[n+]1ccccc1N2. The van der Waals surface area contributed by atoms with E-state index in [1.807, 2.05) is 26.1 Å². The van der Waals surface area contributed by atoms with Gasteiger partial charge in [0.2, 0.25) is 0 Å². The predicted octanol–water partition coefficient (Wildman–Crippen LogP) is 0.607. The molecule has 2 aromatic heterocycles. The molecular formula is C12H14N4+2. The van der Waals surface area contributed by atoms with Crippen molar-refractivity contribution in [2.45, 2.75) is 13.5 Å². The molecule has 0 saturated carbocycles. The first-order chi connectivity index (χ1) is 7.74. The van der Waals surface area contributed by atoms with Crippen LogP contribution < -0.4 is 14.5 Å². The Morgan fingerprint density at radius 1 is 1.38 bits per heavy atom. The van der Waals surface area contributed by atoms with Gasteiger partial charge in [-0.15, -0.1) is 0 Å². The van der Waals surface area contributed by atoms with Gasteiger partial charge >= 0.3 is 5.82 Å². The Hall–Kier alpha value is -1.97. The summed E-state index contributed by atoms with van der Waals surface area (Å²) in [5, 5.41) is 3.35. The molecule has 16 heavy (non-hydrogen) atoms. The van der Waals surface area contributed by atoms with Crippen LogP contribution in [0.4, 0.5) is 11.6 Å². The molecule has 0 saturated heterocycles. The number of fused-ring (bicyclic) bond motifs is 2. The smallest absolute Gasteiger partial charge is 0.237 e. The average Bonchev–Trinajstić information content (AvgIpc) is 2.28. The standard InChI is InChI=1S/C12H13N4/c1-9-13-12-10(7-15(9)2)8-16-6-4-3-5-11(16)14-12/h3-7H,8H2,1-2H3/q+1/p+1. The molecular weight excluding hydrogens is 200 g/mol. The second-order valence-electron chi connectivity index (χ2n) is 4.11. The summed E-state index contributed by atoms with van der Waals surface area (Å²) in [5.74, 6) is 3.08. The van der Waals surface area contributed by atoms with Crippen LogP contribution in [0.1, 0.15) is 11.4 Å². The normalized spacial score (nSPS) is 12.6. The van der Waals surface area contributed by atoms with Crippen LogP contribution in [0, 0.1) is 6.92 Å². The van der Waals surface area contributed by atoms with E-state index in [9.17, 15) is 0 Å². The van der Waals surface area contributed by atoms with Gasteiger partial charge in [0.1, 0.15) is 18.3 Å². The van der Waals surface area contributed by atoms with E-state index in [0.717, 1.165) is 24.0 Å². The number of hydrogen-bond donors (Lipinski definition) is 1. The van der Waals surface area contributed by atoms with Gasteiger partial charge in [-0.2, -0.15) is 0 Å². The van der Waals surface area contributed by atoms with Gasteiger partial charge in [0, 0.05) is 13.0 Å². The molecule has 0 aromatic carbocycles. The van der Waals surface area contributed by atoms with E-state index in [0.29, 0.717) is 0 Å². The van der Waals surface area contributed by atoms with Crippen LogP contribution in [0.25, 0.3) is 0 Å². The first kappa shape index (κ1) is 9.27. The summed E-state index contributed by atoms with van der Waals surface area (Å²) < 4.78 is 4.23. The van der Waals surface area contributed by atoms with E-state index >= 15 is 0 Å². The molecule has 0 radical (unpaired) electrons. The Labute approximate surface area is 94.2 Å². The van der Waals surface area contributed by atoms with Crippen molar-refractivity contribution >= 4 is 11.6 Å². The molecule has 0 bridgehead atoms. The summed E-state index contributed by atoms with van der Waals surface area (Å²) in [6.07, 6.45) is 4.21. The van der Waals surface area contributed by atoms with Crippen molar-refractivity contribution in [2.24, 2.45) is 7.05 Å². The van der Waals surface area contributed by atoms with Gasteiger partial charge < -0.3 is 0 Å². The van der Waals surface area contributed by atoms with Crippen LogP contribution in [-0.2, 0) is 13.6 Å². The maximum atomic E-state index is 4.55. The highest BCUT2D eigenvalue weighted by Crippen LogP contribution is 2.19. The minimum atomic E-state index is 0.875. The van der Waals surface area contributed by atoms with E-state index in [4.69, 9.17) is 0 Å². The van der Waals surface area contributed by atoms with E-state index in [1.165, 1.54) is 5.56 Å². The number of rotatable bonds is 0. The number of aryl methyl sites for hydroxylation is 2. The van der Waals surface area contributed by atoms with Crippen molar-refractivity contribution in [3.05, 3.63) is 42.0 Å². The fraction of sp³-hybridized carbons (Fsp3) is 0.250. The molecule has 3 rings (SSSR count). The highest BCUT2D eigenvalue weighted by molar-refractivity contribution is 5.54. The maximum absolute atomic E-state index is 4.55. The van der Waals surface area contributed by atoms with Crippen molar-refractivity contribution in [1.82, 2.24) is 4.98 Å². The quantitative estimate of drug-likeness (QED) is 0.556. The monoisotopic (exact) mass is 214 g/mol. The fourth-order valence-corrected chi connectivity index (χ4v) is 1.96. The van der Waals surface area contributed by atoms with E-state index in [-0.39, 0.29) is 0 Å². The Balaban J connectivity index is 2.12. The van der Waals surface area contributed by atoms with Crippen LogP contribution in [0.15, 0.2) is 30.6 Å². The minimum Gasteiger partial charge on any atom is -0.237 e. The fourth-order valence-electron chi connectivity index (χ4n) is 1.96. The molecule has 1 aliphatic rings. The predicted molar refractivity (Wildman–Crippen MR) is 59.2 cm³/mol. The molecule has 1 aliphatic heterocycles. The number of aromatic nitrogens is 3. The minimum absolute atomic E-state index is 0.875. The Morgan fingerprint density at radius 2 is 2.25 bits per heavy atom. The molecule has 2 aromatic rings. The first-order valence-corrected chi connectivity index (χ1v) is 5.36. The zero-order valence-electron chi connectivity index (χ0n) is 9.44. The highest BCUT2D eigenvalue weighted by Gasteiger charge is 2.27. The summed E-state index contributed by atoms with van der Waals surface area (Å²) in [7, 11) is 2.02. The van der Waals surface area contributed by atoms with Crippen LogP contribution in [0.5, 0.6) is 0 Å². The molecule has 0 amide bonds. The second kappa shape index (κ2) is 3.27. The average molecular weight is 214 g/mol. The van der Waals surface area contributed by atoms with Crippen molar-refractivity contribution in [1.29, 1.82) is 0 Å². The van der Waals surface area contributed by atoms with Crippen molar-refractivity contribution in [3.63, 3.8) is 0 Å². The zero-order chi connectivity index (χ0) is 11.1. The molecule has 3 heterocycles. The van der Waals surface area contributed by atoms with Gasteiger partial charge in [-0.05, 0) is 11.1 Å². The second-order valence-corrected chi connectivity index (χ2v) is 4.11. The summed E-state index contributed by atoms with van der Waals surface area (Å²) >= 11 is 0. The lowest BCUT2D eigenvalue weighted by Gasteiger charge is -2.11.